The average molecular weight is 650 g/mol. The maximum atomic E-state index is 12.0. The highest BCUT2D eigenvalue weighted by Crippen LogP contribution is 2.24. The van der Waals surface area contributed by atoms with Crippen LogP contribution in [0.25, 0.3) is 17.2 Å². The Labute approximate surface area is 274 Å². The van der Waals surface area contributed by atoms with Crippen LogP contribution >= 0.6 is 0 Å². The summed E-state index contributed by atoms with van der Waals surface area (Å²) in [5, 5.41) is 12.7. The zero-order valence-corrected chi connectivity index (χ0v) is 27.4. The van der Waals surface area contributed by atoms with Gasteiger partial charge in [-0.05, 0) is 51.6 Å². The van der Waals surface area contributed by atoms with Gasteiger partial charge >= 0.3 is 11.7 Å². The number of hydrogen-bond donors (Lipinski definition) is 1. The van der Waals surface area contributed by atoms with E-state index in [4.69, 9.17) is 9.47 Å². The monoisotopic (exact) mass is 649 g/mol. The fourth-order valence-corrected chi connectivity index (χ4v) is 5.64. The number of aromatic nitrogens is 11. The summed E-state index contributed by atoms with van der Waals surface area (Å²) in [4.78, 5) is 36.9. The standard InChI is InChI=1S/C16H22N8O.C14H21N5O2.CH4/c1-11(2)13-8-18-24-14(13)20-15(21-16(24)23-10-17-9-19-23)25-12-4-6-22(3)7-5-12;1-9(2)11-8-15-19-12(11)16-13(17-14(19)20)21-10-4-6-18(3)7-5-10;/h8-12H,4-7H2,1-3H3;8-10H,4-7H2,1-3H3,(H,16,17,20);1H4. The molecule has 5 aromatic rings. The van der Waals surface area contributed by atoms with E-state index in [1.807, 2.05) is 6.20 Å². The van der Waals surface area contributed by atoms with Crippen LogP contribution in [0.2, 0.25) is 0 Å². The van der Waals surface area contributed by atoms with E-state index in [9.17, 15) is 4.79 Å². The number of ether oxygens (including phenoxy) is 2. The molecule has 2 saturated heterocycles. The molecule has 7 heterocycles. The van der Waals surface area contributed by atoms with Crippen LogP contribution in [0.15, 0.2) is 29.8 Å². The zero-order chi connectivity index (χ0) is 32.4. The van der Waals surface area contributed by atoms with Crippen LogP contribution in [0.4, 0.5) is 0 Å². The maximum absolute atomic E-state index is 12.0. The molecule has 0 radical (unpaired) electrons. The summed E-state index contributed by atoms with van der Waals surface area (Å²) in [7, 11) is 4.23. The normalized spacial score (nSPS) is 16.9. The molecule has 5 aromatic heterocycles. The van der Waals surface area contributed by atoms with E-state index in [0.29, 0.717) is 29.5 Å². The Balaban J connectivity index is 0.000000183. The molecular weight excluding hydrogens is 602 g/mol. The lowest BCUT2D eigenvalue weighted by atomic mass is 10.1. The number of piperidine rings is 2. The summed E-state index contributed by atoms with van der Waals surface area (Å²) in [6, 6.07) is 0.666. The minimum absolute atomic E-state index is 0. The number of likely N-dealkylation sites (tertiary alicyclic amines) is 2. The third kappa shape index (κ3) is 7.59. The Morgan fingerprint density at radius 1 is 0.766 bits per heavy atom. The maximum Gasteiger partial charge on any atom is 0.352 e. The molecule has 0 saturated carbocycles. The highest BCUT2D eigenvalue weighted by molar-refractivity contribution is 5.51. The summed E-state index contributed by atoms with van der Waals surface area (Å²) in [6.45, 7) is 12.4. The van der Waals surface area contributed by atoms with Gasteiger partial charge in [0.2, 0.25) is 0 Å². The number of rotatable bonds is 7. The third-order valence-electron chi connectivity index (χ3n) is 8.49. The first-order chi connectivity index (χ1) is 22.2. The topological polar surface area (TPSA) is 162 Å². The van der Waals surface area contributed by atoms with Crippen molar-refractivity contribution in [1.29, 1.82) is 0 Å². The lowest BCUT2D eigenvalue weighted by Gasteiger charge is -2.28. The second kappa shape index (κ2) is 14.5. The van der Waals surface area contributed by atoms with Gasteiger partial charge in [-0.15, -0.1) is 0 Å². The molecule has 2 aliphatic rings. The lowest BCUT2D eigenvalue weighted by Crippen LogP contribution is -2.36. The van der Waals surface area contributed by atoms with Gasteiger partial charge < -0.3 is 19.3 Å². The minimum atomic E-state index is -0.310. The number of nitrogens with zero attached hydrogens (tertiary/aromatic N) is 12. The smallest absolute Gasteiger partial charge is 0.352 e. The van der Waals surface area contributed by atoms with Gasteiger partial charge in [-0.25, -0.2) is 9.78 Å². The molecule has 0 aromatic carbocycles. The SMILES string of the molecule is C.CC(C)c1cnn2c(-n3cncn3)nc(OC3CCN(C)CC3)nc12.CC(C)c1cnn2c(=O)[nH]c(OC3CCN(C)CC3)nc12. The predicted octanol–water partition coefficient (Wildman–Crippen LogP) is 2.95. The van der Waals surface area contributed by atoms with Crippen molar-refractivity contribution in [2.45, 2.75) is 84.8 Å². The Kier molecular flexibility index (Phi) is 10.5. The van der Waals surface area contributed by atoms with Crippen molar-refractivity contribution in [3.05, 3.63) is 46.7 Å². The molecule has 16 heteroatoms. The average Bonchev–Trinajstić information content (AvgIpc) is 3.80. The van der Waals surface area contributed by atoms with Gasteiger partial charge in [-0.3, -0.25) is 4.98 Å². The van der Waals surface area contributed by atoms with Gasteiger partial charge in [-0.1, -0.05) is 35.1 Å². The molecule has 2 aliphatic heterocycles. The molecule has 0 atom stereocenters. The van der Waals surface area contributed by atoms with E-state index in [1.54, 1.807) is 21.7 Å². The highest BCUT2D eigenvalue weighted by atomic mass is 16.5. The van der Waals surface area contributed by atoms with Crippen LogP contribution in [0.5, 0.6) is 12.0 Å². The molecular formula is C31H47N13O3. The van der Waals surface area contributed by atoms with Crippen molar-refractivity contribution < 1.29 is 9.47 Å². The number of hydrogen-bond acceptors (Lipinski definition) is 12. The Bertz CT molecular complexity index is 1790. The van der Waals surface area contributed by atoms with E-state index in [0.717, 1.165) is 68.6 Å². The van der Waals surface area contributed by atoms with Gasteiger partial charge in [0.05, 0.1) is 12.4 Å². The van der Waals surface area contributed by atoms with Gasteiger partial charge in [0.25, 0.3) is 12.0 Å². The minimum Gasteiger partial charge on any atom is -0.461 e. The Morgan fingerprint density at radius 2 is 1.32 bits per heavy atom. The van der Waals surface area contributed by atoms with E-state index < -0.39 is 0 Å². The van der Waals surface area contributed by atoms with Gasteiger partial charge in [0.15, 0.2) is 11.3 Å². The molecule has 0 aliphatic carbocycles. The molecule has 1 N–H and O–H groups in total. The highest BCUT2D eigenvalue weighted by Gasteiger charge is 2.23. The van der Waals surface area contributed by atoms with Crippen molar-refractivity contribution in [2.75, 3.05) is 40.3 Å². The first-order valence-electron chi connectivity index (χ1n) is 15.9. The first-order valence-corrected chi connectivity index (χ1v) is 15.9. The number of H-pyrrole nitrogens is 1. The van der Waals surface area contributed by atoms with Crippen LogP contribution in [-0.2, 0) is 0 Å². The van der Waals surface area contributed by atoms with Gasteiger partial charge in [0.1, 0.15) is 24.9 Å². The zero-order valence-electron chi connectivity index (χ0n) is 27.4. The Hall–Kier alpha value is -4.44. The lowest BCUT2D eigenvalue weighted by molar-refractivity contribution is 0.105. The van der Waals surface area contributed by atoms with Crippen LogP contribution in [-0.4, -0.2) is 116 Å². The summed E-state index contributed by atoms with van der Waals surface area (Å²) in [5.74, 6) is 1.08. The van der Waals surface area contributed by atoms with Crippen LogP contribution in [0, 0.1) is 0 Å². The molecule has 0 spiro atoms. The fraction of sp³-hybridized carbons (Fsp3) is 0.613. The first kappa shape index (κ1) is 33.9. The van der Waals surface area contributed by atoms with Gasteiger partial charge in [0, 0.05) is 37.3 Å². The summed E-state index contributed by atoms with van der Waals surface area (Å²) < 4.78 is 16.5. The van der Waals surface area contributed by atoms with Crippen molar-refractivity contribution in [3.8, 4) is 18.0 Å². The van der Waals surface area contributed by atoms with Crippen molar-refractivity contribution in [1.82, 2.24) is 63.7 Å². The summed E-state index contributed by atoms with van der Waals surface area (Å²) in [5.41, 5.74) is 3.02. The van der Waals surface area contributed by atoms with E-state index in [1.165, 1.54) is 10.8 Å². The molecule has 7 rings (SSSR count). The fourth-order valence-electron chi connectivity index (χ4n) is 5.64. The summed E-state index contributed by atoms with van der Waals surface area (Å²) >= 11 is 0. The van der Waals surface area contributed by atoms with E-state index in [-0.39, 0.29) is 31.2 Å². The molecule has 16 nitrogen and oxygen atoms in total. The largest absolute Gasteiger partial charge is 0.461 e. The van der Waals surface area contributed by atoms with E-state index >= 15 is 0 Å². The van der Waals surface area contributed by atoms with Crippen LogP contribution in [0.3, 0.4) is 0 Å². The molecule has 0 bridgehead atoms. The van der Waals surface area contributed by atoms with Gasteiger partial charge in [-0.2, -0.15) is 44.0 Å². The number of aromatic amines is 1. The molecule has 0 unspecified atom stereocenters. The van der Waals surface area contributed by atoms with Crippen molar-refractivity contribution in [2.24, 2.45) is 0 Å². The van der Waals surface area contributed by atoms with Crippen molar-refractivity contribution in [3.63, 3.8) is 0 Å². The quantitative estimate of drug-likeness (QED) is 0.275. The molecule has 0 amide bonds. The van der Waals surface area contributed by atoms with Crippen molar-refractivity contribution >= 4 is 11.3 Å². The number of nitrogens with one attached hydrogen (secondary N) is 1. The predicted molar refractivity (Wildman–Crippen MR) is 177 cm³/mol. The van der Waals surface area contributed by atoms with E-state index in [2.05, 4.69) is 91.8 Å². The molecule has 47 heavy (non-hydrogen) atoms. The second-order valence-electron chi connectivity index (χ2n) is 12.7. The second-order valence-corrected chi connectivity index (χ2v) is 12.7. The molecule has 2 fully saturated rings. The molecule has 254 valence electrons. The Morgan fingerprint density at radius 3 is 1.87 bits per heavy atom. The third-order valence-corrected chi connectivity index (χ3v) is 8.49. The summed E-state index contributed by atoms with van der Waals surface area (Å²) in [6.07, 6.45) is 10.7. The van der Waals surface area contributed by atoms with Crippen LogP contribution in [0.1, 0.15) is 83.8 Å². The van der Waals surface area contributed by atoms with Crippen LogP contribution < -0.4 is 15.2 Å². The number of fused-ring (bicyclic) bond motifs is 2.